The van der Waals surface area contributed by atoms with Crippen LogP contribution in [0, 0.1) is 11.8 Å². The van der Waals surface area contributed by atoms with E-state index in [-0.39, 0.29) is 6.29 Å². The fourth-order valence-corrected chi connectivity index (χ4v) is 1.77. The van der Waals surface area contributed by atoms with E-state index in [1.807, 2.05) is 6.92 Å². The van der Waals surface area contributed by atoms with E-state index in [0.717, 1.165) is 19.1 Å². The van der Waals surface area contributed by atoms with Gasteiger partial charge in [0.25, 0.3) is 0 Å². The molecule has 2 heteroatoms. The van der Waals surface area contributed by atoms with Gasteiger partial charge >= 0.3 is 0 Å². The van der Waals surface area contributed by atoms with Crippen molar-refractivity contribution in [3.05, 3.63) is 0 Å². The Balaban J connectivity index is 2.40. The van der Waals surface area contributed by atoms with Crippen LogP contribution in [0.4, 0.5) is 0 Å². The Morgan fingerprint density at radius 1 is 1.50 bits per heavy atom. The van der Waals surface area contributed by atoms with Gasteiger partial charge in [0.2, 0.25) is 0 Å². The van der Waals surface area contributed by atoms with Crippen LogP contribution in [0.15, 0.2) is 0 Å². The molecule has 0 aromatic carbocycles. The molecule has 12 heavy (non-hydrogen) atoms. The van der Waals surface area contributed by atoms with Crippen LogP contribution >= 0.6 is 0 Å². The summed E-state index contributed by atoms with van der Waals surface area (Å²) in [6, 6.07) is 0. The molecule has 0 aromatic rings. The van der Waals surface area contributed by atoms with Crippen LogP contribution in [0.5, 0.6) is 0 Å². The van der Waals surface area contributed by atoms with E-state index in [1.165, 1.54) is 12.8 Å². The van der Waals surface area contributed by atoms with Crippen LogP contribution in [-0.2, 0) is 9.47 Å². The van der Waals surface area contributed by atoms with Gasteiger partial charge in [-0.3, -0.25) is 0 Å². The van der Waals surface area contributed by atoms with Crippen LogP contribution in [0.3, 0.4) is 0 Å². The third-order valence-electron chi connectivity index (χ3n) is 2.79. The van der Waals surface area contributed by atoms with Crippen molar-refractivity contribution in [3.8, 4) is 0 Å². The number of hydrogen-bond donors (Lipinski definition) is 0. The Labute approximate surface area is 75.2 Å². The Kier molecular flexibility index (Phi) is 4.02. The van der Waals surface area contributed by atoms with Gasteiger partial charge in [0.05, 0.1) is 6.61 Å². The van der Waals surface area contributed by atoms with Gasteiger partial charge in [-0.25, -0.2) is 0 Å². The zero-order chi connectivity index (χ0) is 8.97. The van der Waals surface area contributed by atoms with Gasteiger partial charge in [0.1, 0.15) is 0 Å². The molecular formula is C10H20O2. The Morgan fingerprint density at radius 3 is 2.83 bits per heavy atom. The van der Waals surface area contributed by atoms with E-state index in [4.69, 9.17) is 9.47 Å². The van der Waals surface area contributed by atoms with Gasteiger partial charge in [-0.05, 0) is 19.3 Å². The van der Waals surface area contributed by atoms with E-state index >= 15 is 0 Å². The minimum Gasteiger partial charge on any atom is -0.353 e. The summed E-state index contributed by atoms with van der Waals surface area (Å²) in [5.41, 5.74) is 0. The molecular weight excluding hydrogens is 152 g/mol. The molecule has 0 aromatic heterocycles. The van der Waals surface area contributed by atoms with Crippen molar-refractivity contribution >= 4 is 0 Å². The molecule has 0 aliphatic carbocycles. The quantitative estimate of drug-likeness (QED) is 0.648. The molecule has 3 unspecified atom stereocenters. The molecule has 1 fully saturated rings. The molecule has 2 nitrogen and oxygen atoms in total. The molecule has 0 spiro atoms. The monoisotopic (exact) mass is 172 g/mol. The normalized spacial score (nSPS) is 32.2. The summed E-state index contributed by atoms with van der Waals surface area (Å²) in [5, 5.41) is 0. The molecule has 1 heterocycles. The van der Waals surface area contributed by atoms with Crippen molar-refractivity contribution in [2.24, 2.45) is 11.8 Å². The SMILES string of the molecule is CCOC1OCCC1C(C)CC. The predicted molar refractivity (Wildman–Crippen MR) is 48.9 cm³/mol. The summed E-state index contributed by atoms with van der Waals surface area (Å²) in [6.45, 7) is 8.17. The molecule has 1 rings (SSSR count). The molecule has 1 aliphatic rings. The highest BCUT2D eigenvalue weighted by Gasteiger charge is 2.31. The summed E-state index contributed by atoms with van der Waals surface area (Å²) >= 11 is 0. The van der Waals surface area contributed by atoms with E-state index in [9.17, 15) is 0 Å². The minimum absolute atomic E-state index is 0.0740. The van der Waals surface area contributed by atoms with Crippen LogP contribution in [0.25, 0.3) is 0 Å². The van der Waals surface area contributed by atoms with Gasteiger partial charge in [-0.2, -0.15) is 0 Å². The highest BCUT2D eigenvalue weighted by molar-refractivity contribution is 4.74. The number of rotatable bonds is 4. The van der Waals surface area contributed by atoms with Crippen LogP contribution in [0.1, 0.15) is 33.6 Å². The van der Waals surface area contributed by atoms with E-state index < -0.39 is 0 Å². The summed E-state index contributed by atoms with van der Waals surface area (Å²) < 4.78 is 11.0. The first-order chi connectivity index (χ1) is 5.79. The largest absolute Gasteiger partial charge is 0.353 e. The van der Waals surface area contributed by atoms with Gasteiger partial charge in [-0.15, -0.1) is 0 Å². The summed E-state index contributed by atoms with van der Waals surface area (Å²) in [4.78, 5) is 0. The zero-order valence-electron chi connectivity index (χ0n) is 8.38. The first kappa shape index (κ1) is 10.0. The Hall–Kier alpha value is -0.0800. The van der Waals surface area contributed by atoms with Crippen molar-refractivity contribution in [3.63, 3.8) is 0 Å². The second-order valence-corrected chi connectivity index (χ2v) is 3.53. The second-order valence-electron chi connectivity index (χ2n) is 3.53. The molecule has 3 atom stereocenters. The maximum atomic E-state index is 5.52. The molecule has 72 valence electrons. The van der Waals surface area contributed by atoms with Crippen LogP contribution in [0.2, 0.25) is 0 Å². The average molecular weight is 172 g/mol. The first-order valence-corrected chi connectivity index (χ1v) is 5.02. The molecule has 0 radical (unpaired) electrons. The van der Waals surface area contributed by atoms with Crippen molar-refractivity contribution in [2.75, 3.05) is 13.2 Å². The molecule has 0 saturated carbocycles. The second kappa shape index (κ2) is 4.83. The number of hydrogen-bond acceptors (Lipinski definition) is 2. The molecule has 0 bridgehead atoms. The minimum atomic E-state index is 0.0740. The standard InChI is InChI=1S/C10H20O2/c1-4-8(3)9-6-7-12-10(9)11-5-2/h8-10H,4-7H2,1-3H3. The molecule has 1 saturated heterocycles. The van der Waals surface area contributed by atoms with E-state index in [1.54, 1.807) is 0 Å². The smallest absolute Gasteiger partial charge is 0.160 e. The van der Waals surface area contributed by atoms with Crippen LogP contribution in [-0.4, -0.2) is 19.5 Å². The average Bonchev–Trinajstić information content (AvgIpc) is 2.52. The predicted octanol–water partition coefficient (Wildman–Crippen LogP) is 2.43. The van der Waals surface area contributed by atoms with Gasteiger partial charge in [0.15, 0.2) is 6.29 Å². The summed E-state index contributed by atoms with van der Waals surface area (Å²) in [5.74, 6) is 1.35. The lowest BCUT2D eigenvalue weighted by atomic mass is 9.90. The van der Waals surface area contributed by atoms with E-state index in [2.05, 4.69) is 13.8 Å². The van der Waals surface area contributed by atoms with E-state index in [0.29, 0.717) is 5.92 Å². The molecule has 1 aliphatic heterocycles. The third kappa shape index (κ3) is 2.20. The molecule has 0 amide bonds. The summed E-state index contributed by atoms with van der Waals surface area (Å²) in [7, 11) is 0. The maximum absolute atomic E-state index is 5.52. The lowest BCUT2D eigenvalue weighted by Crippen LogP contribution is -2.24. The highest BCUT2D eigenvalue weighted by Crippen LogP contribution is 2.30. The molecule has 0 N–H and O–H groups in total. The lowest BCUT2D eigenvalue weighted by Gasteiger charge is -2.23. The fourth-order valence-electron chi connectivity index (χ4n) is 1.77. The fraction of sp³-hybridized carbons (Fsp3) is 1.00. The highest BCUT2D eigenvalue weighted by atomic mass is 16.7. The number of ether oxygens (including phenoxy) is 2. The van der Waals surface area contributed by atoms with Crippen LogP contribution < -0.4 is 0 Å². The van der Waals surface area contributed by atoms with Crippen molar-refractivity contribution < 1.29 is 9.47 Å². The topological polar surface area (TPSA) is 18.5 Å². The Morgan fingerprint density at radius 2 is 2.25 bits per heavy atom. The lowest BCUT2D eigenvalue weighted by molar-refractivity contribution is -0.135. The first-order valence-electron chi connectivity index (χ1n) is 5.02. The van der Waals surface area contributed by atoms with Gasteiger partial charge in [0, 0.05) is 12.5 Å². The van der Waals surface area contributed by atoms with Crippen molar-refractivity contribution in [1.29, 1.82) is 0 Å². The van der Waals surface area contributed by atoms with Crippen molar-refractivity contribution in [1.82, 2.24) is 0 Å². The Bertz CT molecular complexity index is 125. The zero-order valence-corrected chi connectivity index (χ0v) is 8.38. The van der Waals surface area contributed by atoms with Gasteiger partial charge in [-0.1, -0.05) is 20.3 Å². The maximum Gasteiger partial charge on any atom is 0.160 e. The third-order valence-corrected chi connectivity index (χ3v) is 2.79. The van der Waals surface area contributed by atoms with Crippen molar-refractivity contribution in [2.45, 2.75) is 39.9 Å². The summed E-state index contributed by atoms with van der Waals surface area (Å²) in [6.07, 6.45) is 2.46. The van der Waals surface area contributed by atoms with Gasteiger partial charge < -0.3 is 9.47 Å².